The van der Waals surface area contributed by atoms with E-state index in [1.54, 1.807) is 6.07 Å². The van der Waals surface area contributed by atoms with E-state index in [2.05, 4.69) is 5.32 Å². The third kappa shape index (κ3) is 5.14. The zero-order valence-corrected chi connectivity index (χ0v) is 12.9. The van der Waals surface area contributed by atoms with Gasteiger partial charge in [0.15, 0.2) is 0 Å². The molecule has 2 aromatic carbocycles. The van der Waals surface area contributed by atoms with E-state index in [-0.39, 0.29) is 13.0 Å². The molecule has 0 aliphatic carbocycles. The number of nitrogens with one attached hydrogen (secondary N) is 1. The van der Waals surface area contributed by atoms with Crippen LogP contribution in [0.15, 0.2) is 54.6 Å². The number of carbonyl (C=O) groups excluding carboxylic acids is 1. The van der Waals surface area contributed by atoms with Crippen molar-refractivity contribution in [1.82, 2.24) is 5.32 Å². The Morgan fingerprint density at radius 2 is 1.74 bits per heavy atom. The van der Waals surface area contributed by atoms with E-state index in [0.717, 1.165) is 16.7 Å². The van der Waals surface area contributed by atoms with Gasteiger partial charge in [-0.05, 0) is 23.6 Å². The van der Waals surface area contributed by atoms with E-state index in [9.17, 15) is 9.59 Å². The minimum atomic E-state index is -0.985. The van der Waals surface area contributed by atoms with Crippen LogP contribution in [0.2, 0.25) is 0 Å². The molecule has 5 nitrogen and oxygen atoms in total. The average Bonchev–Trinajstić information content (AvgIpc) is 2.53. The van der Waals surface area contributed by atoms with Gasteiger partial charge in [-0.25, -0.2) is 4.79 Å². The summed E-state index contributed by atoms with van der Waals surface area (Å²) in [6, 6.07) is 16.0. The van der Waals surface area contributed by atoms with Gasteiger partial charge in [-0.1, -0.05) is 54.6 Å². The molecule has 0 aromatic heterocycles. The summed E-state index contributed by atoms with van der Waals surface area (Å²) >= 11 is 0. The van der Waals surface area contributed by atoms with E-state index in [4.69, 9.17) is 9.84 Å². The number of benzene rings is 2. The van der Waals surface area contributed by atoms with E-state index < -0.39 is 18.1 Å². The Labute approximate surface area is 134 Å². The highest BCUT2D eigenvalue weighted by molar-refractivity contribution is 5.72. The molecule has 1 amide bonds. The Bertz CT molecular complexity index is 670. The predicted molar refractivity (Wildman–Crippen MR) is 85.9 cm³/mol. The van der Waals surface area contributed by atoms with Crippen LogP contribution < -0.4 is 5.32 Å². The normalized spacial score (nSPS) is 11.5. The van der Waals surface area contributed by atoms with E-state index in [0.29, 0.717) is 0 Å². The summed E-state index contributed by atoms with van der Waals surface area (Å²) in [7, 11) is 0. The van der Waals surface area contributed by atoms with Crippen LogP contribution >= 0.6 is 0 Å². The lowest BCUT2D eigenvalue weighted by atomic mass is 9.99. The highest BCUT2D eigenvalue weighted by Gasteiger charge is 2.20. The van der Waals surface area contributed by atoms with Crippen LogP contribution in [0.4, 0.5) is 4.79 Å². The number of carboxylic acids is 1. The first-order valence-electron chi connectivity index (χ1n) is 7.31. The van der Waals surface area contributed by atoms with Crippen molar-refractivity contribution in [1.29, 1.82) is 0 Å². The van der Waals surface area contributed by atoms with Crippen LogP contribution in [0.25, 0.3) is 0 Å². The number of hydrogen-bond acceptors (Lipinski definition) is 3. The Hall–Kier alpha value is -2.82. The Morgan fingerprint density at radius 1 is 1.09 bits per heavy atom. The molecule has 0 fully saturated rings. The van der Waals surface area contributed by atoms with E-state index in [1.165, 1.54) is 0 Å². The molecular weight excluding hydrogens is 294 g/mol. The lowest BCUT2D eigenvalue weighted by Gasteiger charge is -2.19. The van der Waals surface area contributed by atoms with Gasteiger partial charge in [0.25, 0.3) is 0 Å². The van der Waals surface area contributed by atoms with Crippen molar-refractivity contribution in [3.63, 3.8) is 0 Å². The summed E-state index contributed by atoms with van der Waals surface area (Å²) in [5.74, 6) is -0.985. The van der Waals surface area contributed by atoms with Crippen LogP contribution in [0.1, 0.15) is 29.2 Å². The lowest BCUT2D eigenvalue weighted by molar-refractivity contribution is -0.137. The highest BCUT2D eigenvalue weighted by atomic mass is 16.5. The van der Waals surface area contributed by atoms with Crippen molar-refractivity contribution in [2.24, 2.45) is 0 Å². The van der Waals surface area contributed by atoms with E-state index in [1.807, 2.05) is 55.5 Å². The number of amides is 1. The van der Waals surface area contributed by atoms with Crippen LogP contribution in [0, 0.1) is 6.92 Å². The van der Waals surface area contributed by atoms with Gasteiger partial charge in [0, 0.05) is 0 Å². The molecule has 1 atom stereocenters. The average molecular weight is 313 g/mol. The number of carbonyl (C=O) groups is 2. The summed E-state index contributed by atoms with van der Waals surface area (Å²) < 4.78 is 5.16. The number of aliphatic carboxylic acids is 1. The van der Waals surface area contributed by atoms with E-state index >= 15 is 0 Å². The molecule has 0 spiro atoms. The second kappa shape index (κ2) is 7.98. The molecule has 2 aromatic rings. The van der Waals surface area contributed by atoms with Crippen LogP contribution in [-0.2, 0) is 16.1 Å². The minimum Gasteiger partial charge on any atom is -0.481 e. The number of ether oxygens (including phenoxy) is 1. The van der Waals surface area contributed by atoms with Gasteiger partial charge < -0.3 is 15.2 Å². The maximum atomic E-state index is 12.0. The van der Waals surface area contributed by atoms with Gasteiger partial charge >= 0.3 is 12.1 Å². The molecule has 120 valence electrons. The standard InChI is InChI=1S/C18H19NO4/c1-13-7-5-6-10-15(13)16(11-17(20)21)19-18(22)23-12-14-8-3-2-4-9-14/h2-10,16H,11-12H2,1H3,(H,19,22)(H,20,21)/t16-/m1/s1. The van der Waals surface area contributed by atoms with Gasteiger partial charge in [0.05, 0.1) is 12.5 Å². The van der Waals surface area contributed by atoms with Crippen LogP contribution in [0.3, 0.4) is 0 Å². The largest absolute Gasteiger partial charge is 0.481 e. The third-order valence-corrected chi connectivity index (χ3v) is 3.45. The predicted octanol–water partition coefficient (Wildman–Crippen LogP) is 3.44. The van der Waals surface area contributed by atoms with Gasteiger partial charge in [0.2, 0.25) is 0 Å². The van der Waals surface area contributed by atoms with Crippen molar-refractivity contribution in [3.05, 3.63) is 71.3 Å². The quantitative estimate of drug-likeness (QED) is 0.856. The molecule has 0 bridgehead atoms. The maximum Gasteiger partial charge on any atom is 0.407 e. The second-order valence-corrected chi connectivity index (χ2v) is 5.21. The first-order valence-corrected chi connectivity index (χ1v) is 7.31. The van der Waals surface area contributed by atoms with Crippen molar-refractivity contribution in [3.8, 4) is 0 Å². The Balaban J connectivity index is 2.01. The lowest BCUT2D eigenvalue weighted by Crippen LogP contribution is -2.31. The summed E-state index contributed by atoms with van der Waals surface area (Å²) in [5.41, 5.74) is 2.56. The van der Waals surface area contributed by atoms with Crippen LogP contribution in [0.5, 0.6) is 0 Å². The molecule has 23 heavy (non-hydrogen) atoms. The molecular formula is C18H19NO4. The second-order valence-electron chi connectivity index (χ2n) is 5.21. The van der Waals surface area contributed by atoms with Crippen molar-refractivity contribution >= 4 is 12.1 Å². The topological polar surface area (TPSA) is 75.6 Å². The highest BCUT2D eigenvalue weighted by Crippen LogP contribution is 2.21. The molecule has 0 heterocycles. The molecule has 5 heteroatoms. The maximum absolute atomic E-state index is 12.0. The third-order valence-electron chi connectivity index (χ3n) is 3.45. The van der Waals surface area contributed by atoms with Crippen molar-refractivity contribution in [2.45, 2.75) is 26.0 Å². The molecule has 2 rings (SSSR count). The first kappa shape index (κ1) is 16.5. The van der Waals surface area contributed by atoms with Crippen molar-refractivity contribution < 1.29 is 19.4 Å². The fourth-order valence-electron chi connectivity index (χ4n) is 2.30. The SMILES string of the molecule is Cc1ccccc1[C@@H](CC(=O)O)NC(=O)OCc1ccccc1. The van der Waals surface area contributed by atoms with Gasteiger partial charge in [-0.15, -0.1) is 0 Å². The number of alkyl carbamates (subject to hydrolysis) is 1. The molecule has 0 saturated carbocycles. The minimum absolute atomic E-state index is 0.139. The number of carboxylic acid groups (broad SMARTS) is 1. The first-order chi connectivity index (χ1) is 11.1. The number of aryl methyl sites for hydroxylation is 1. The van der Waals surface area contributed by atoms with Crippen molar-refractivity contribution in [2.75, 3.05) is 0 Å². The van der Waals surface area contributed by atoms with Gasteiger partial charge in [-0.3, -0.25) is 4.79 Å². The zero-order chi connectivity index (χ0) is 16.7. The number of rotatable bonds is 6. The molecule has 0 radical (unpaired) electrons. The molecule has 0 aliphatic rings. The van der Waals surface area contributed by atoms with Gasteiger partial charge in [0.1, 0.15) is 6.61 Å². The Morgan fingerprint density at radius 3 is 2.39 bits per heavy atom. The Kier molecular flexibility index (Phi) is 5.74. The van der Waals surface area contributed by atoms with Gasteiger partial charge in [-0.2, -0.15) is 0 Å². The fourth-order valence-corrected chi connectivity index (χ4v) is 2.30. The monoisotopic (exact) mass is 313 g/mol. The summed E-state index contributed by atoms with van der Waals surface area (Å²) in [6.45, 7) is 2.02. The summed E-state index contributed by atoms with van der Waals surface area (Å²) in [6.07, 6.45) is -0.839. The molecule has 2 N–H and O–H groups in total. The van der Waals surface area contributed by atoms with Crippen LogP contribution in [-0.4, -0.2) is 17.2 Å². The molecule has 0 unspecified atom stereocenters. The smallest absolute Gasteiger partial charge is 0.407 e. The summed E-state index contributed by atoms with van der Waals surface area (Å²) in [5, 5.41) is 11.7. The zero-order valence-electron chi connectivity index (χ0n) is 12.9. The summed E-state index contributed by atoms with van der Waals surface area (Å²) in [4.78, 5) is 23.0. The number of hydrogen-bond donors (Lipinski definition) is 2. The molecule has 0 aliphatic heterocycles. The fraction of sp³-hybridized carbons (Fsp3) is 0.222. The molecule has 0 saturated heterocycles.